The fraction of sp³-hybridized carbons (Fsp3) is 0.231. The summed E-state index contributed by atoms with van der Waals surface area (Å²) >= 11 is 1.21. The third-order valence-corrected chi connectivity index (χ3v) is 3.54. The quantitative estimate of drug-likeness (QED) is 0.800. The minimum atomic E-state index is -4.46. The number of aliphatic hydroxyl groups is 1. The van der Waals surface area contributed by atoms with Crippen LogP contribution in [0, 0.1) is 0 Å². The van der Waals surface area contributed by atoms with Crippen molar-refractivity contribution >= 4 is 22.4 Å². The molecule has 1 heterocycles. The van der Waals surface area contributed by atoms with Gasteiger partial charge in [-0.05, 0) is 17.7 Å². The Hall–Kier alpha value is -2.13. The fourth-order valence-corrected chi connectivity index (χ4v) is 2.25. The molecular weight excluding hydrogens is 319 g/mol. The number of amides is 1. The van der Waals surface area contributed by atoms with E-state index in [1.165, 1.54) is 11.3 Å². The first kappa shape index (κ1) is 16.2. The lowest BCUT2D eigenvalue weighted by atomic mass is 10.1. The number of anilines is 1. The molecule has 0 spiro atoms. The second-order valence-corrected chi connectivity index (χ2v) is 5.31. The number of hydrogen-bond donors (Lipinski definition) is 3. The van der Waals surface area contributed by atoms with Gasteiger partial charge in [0.25, 0.3) is 5.91 Å². The predicted molar refractivity (Wildman–Crippen MR) is 74.8 cm³/mol. The Morgan fingerprint density at radius 3 is 2.50 bits per heavy atom. The molecule has 2 aromatic rings. The molecule has 0 bridgehead atoms. The van der Waals surface area contributed by atoms with Crippen LogP contribution in [0.15, 0.2) is 29.6 Å². The Balaban J connectivity index is 1.98. The number of aliphatic hydroxyl groups excluding tert-OH is 1. The van der Waals surface area contributed by atoms with Gasteiger partial charge in [-0.3, -0.25) is 4.79 Å². The van der Waals surface area contributed by atoms with Gasteiger partial charge in [-0.15, -0.1) is 11.3 Å². The lowest BCUT2D eigenvalue weighted by molar-refractivity contribution is -0.137. The molecular formula is C13H12F3N3O2S. The van der Waals surface area contributed by atoms with E-state index in [1.807, 2.05) is 0 Å². The monoisotopic (exact) mass is 331 g/mol. The summed E-state index contributed by atoms with van der Waals surface area (Å²) in [5.74, 6) is -0.730. The highest BCUT2D eigenvalue weighted by Gasteiger charge is 2.30. The number of nitrogens with one attached hydrogen (secondary N) is 1. The van der Waals surface area contributed by atoms with E-state index in [2.05, 4.69) is 10.3 Å². The number of halogens is 3. The van der Waals surface area contributed by atoms with Crippen molar-refractivity contribution in [2.45, 2.75) is 18.8 Å². The summed E-state index contributed by atoms with van der Waals surface area (Å²) in [6.07, 6.45) is -6.02. The van der Waals surface area contributed by atoms with E-state index in [0.29, 0.717) is 10.8 Å². The molecule has 0 aliphatic heterocycles. The van der Waals surface area contributed by atoms with Gasteiger partial charge >= 0.3 is 6.18 Å². The van der Waals surface area contributed by atoms with Crippen LogP contribution in [0.4, 0.5) is 18.3 Å². The largest absolute Gasteiger partial charge is 0.416 e. The van der Waals surface area contributed by atoms with Gasteiger partial charge in [-0.25, -0.2) is 4.98 Å². The second kappa shape index (κ2) is 6.32. The molecule has 5 nitrogen and oxygen atoms in total. The maximum absolute atomic E-state index is 12.4. The zero-order valence-corrected chi connectivity index (χ0v) is 11.9. The number of nitrogens with two attached hydrogens (primary N) is 1. The Morgan fingerprint density at radius 1 is 1.36 bits per heavy atom. The zero-order chi connectivity index (χ0) is 16.3. The average molecular weight is 331 g/mol. The van der Waals surface area contributed by atoms with Gasteiger partial charge in [-0.2, -0.15) is 13.2 Å². The maximum atomic E-state index is 12.4. The minimum absolute atomic E-state index is 0.0725. The van der Waals surface area contributed by atoms with Crippen molar-refractivity contribution in [3.63, 3.8) is 0 Å². The van der Waals surface area contributed by atoms with Crippen LogP contribution in [0.5, 0.6) is 0 Å². The van der Waals surface area contributed by atoms with Crippen molar-refractivity contribution in [3.05, 3.63) is 46.5 Å². The number of aromatic nitrogens is 1. The van der Waals surface area contributed by atoms with Crippen LogP contribution < -0.4 is 11.1 Å². The third-order valence-electron chi connectivity index (χ3n) is 2.82. The van der Waals surface area contributed by atoms with Crippen molar-refractivity contribution in [1.29, 1.82) is 0 Å². The summed E-state index contributed by atoms with van der Waals surface area (Å²) in [5.41, 5.74) is 5.20. The lowest BCUT2D eigenvalue weighted by Gasteiger charge is -2.12. The summed E-state index contributed by atoms with van der Waals surface area (Å²) in [6, 6.07) is 3.75. The van der Waals surface area contributed by atoms with E-state index >= 15 is 0 Å². The van der Waals surface area contributed by atoms with E-state index in [9.17, 15) is 23.1 Å². The van der Waals surface area contributed by atoms with Crippen molar-refractivity contribution in [3.8, 4) is 0 Å². The van der Waals surface area contributed by atoms with Crippen molar-refractivity contribution in [2.24, 2.45) is 0 Å². The molecule has 1 aromatic heterocycles. The molecule has 118 valence electrons. The van der Waals surface area contributed by atoms with Gasteiger partial charge < -0.3 is 16.2 Å². The number of nitrogens with zero attached hydrogens (tertiary/aromatic N) is 1. The van der Waals surface area contributed by atoms with Gasteiger partial charge in [0, 0.05) is 5.38 Å². The number of hydrogen-bond acceptors (Lipinski definition) is 5. The van der Waals surface area contributed by atoms with E-state index in [4.69, 9.17) is 5.73 Å². The smallest absolute Gasteiger partial charge is 0.378 e. The normalized spacial score (nSPS) is 12.9. The van der Waals surface area contributed by atoms with Crippen molar-refractivity contribution in [1.82, 2.24) is 10.3 Å². The van der Waals surface area contributed by atoms with Crippen LogP contribution in [0.3, 0.4) is 0 Å². The summed E-state index contributed by atoms with van der Waals surface area (Å²) in [5, 5.41) is 14.3. The number of alkyl halides is 3. The second-order valence-electron chi connectivity index (χ2n) is 4.42. The van der Waals surface area contributed by atoms with Crippen LogP contribution in [0.2, 0.25) is 0 Å². The van der Waals surface area contributed by atoms with Gasteiger partial charge in [0.1, 0.15) is 0 Å². The van der Waals surface area contributed by atoms with E-state index in [1.54, 1.807) is 5.38 Å². The van der Waals surface area contributed by atoms with Crippen molar-refractivity contribution < 1.29 is 23.1 Å². The number of rotatable bonds is 4. The first-order valence-corrected chi connectivity index (χ1v) is 6.98. The lowest BCUT2D eigenvalue weighted by Crippen LogP contribution is -2.29. The maximum Gasteiger partial charge on any atom is 0.416 e. The summed E-state index contributed by atoms with van der Waals surface area (Å²) < 4.78 is 37.3. The molecule has 1 aromatic carbocycles. The Kier molecular flexibility index (Phi) is 4.67. The molecule has 2 rings (SSSR count). The highest BCUT2D eigenvalue weighted by Crippen LogP contribution is 2.29. The Bertz CT molecular complexity index is 655. The van der Waals surface area contributed by atoms with Crippen LogP contribution in [-0.4, -0.2) is 16.0 Å². The minimum Gasteiger partial charge on any atom is -0.378 e. The fourth-order valence-electron chi connectivity index (χ4n) is 1.68. The molecule has 0 saturated heterocycles. The molecule has 0 aliphatic carbocycles. The summed E-state index contributed by atoms with van der Waals surface area (Å²) in [4.78, 5) is 15.7. The summed E-state index contributed by atoms with van der Waals surface area (Å²) in [6.45, 7) is 0.0736. The predicted octanol–water partition coefficient (Wildman–Crippen LogP) is 2.09. The Labute approximate surface area is 127 Å². The zero-order valence-electron chi connectivity index (χ0n) is 11.1. The molecule has 22 heavy (non-hydrogen) atoms. The van der Waals surface area contributed by atoms with Crippen LogP contribution in [0.25, 0.3) is 0 Å². The van der Waals surface area contributed by atoms with E-state index in [-0.39, 0.29) is 12.1 Å². The molecule has 0 aliphatic rings. The topological polar surface area (TPSA) is 88.2 Å². The molecule has 0 saturated carbocycles. The SMILES string of the molecule is Nc1nc(CNC(=O)C(O)c2ccc(C(F)(F)F)cc2)cs1. The molecule has 1 atom stereocenters. The molecule has 9 heteroatoms. The van der Waals surface area contributed by atoms with Crippen LogP contribution in [-0.2, 0) is 17.5 Å². The van der Waals surface area contributed by atoms with Gasteiger partial charge in [0.15, 0.2) is 11.2 Å². The highest BCUT2D eigenvalue weighted by atomic mass is 32.1. The first-order valence-electron chi connectivity index (χ1n) is 6.10. The van der Waals surface area contributed by atoms with E-state index < -0.39 is 23.8 Å². The molecule has 1 unspecified atom stereocenters. The number of carbonyl (C=O) groups is 1. The highest BCUT2D eigenvalue weighted by molar-refractivity contribution is 7.13. The average Bonchev–Trinajstić information content (AvgIpc) is 2.89. The number of benzene rings is 1. The van der Waals surface area contributed by atoms with Crippen LogP contribution in [0.1, 0.15) is 22.9 Å². The first-order chi connectivity index (χ1) is 10.3. The van der Waals surface area contributed by atoms with Crippen molar-refractivity contribution in [2.75, 3.05) is 5.73 Å². The van der Waals surface area contributed by atoms with Gasteiger partial charge in [-0.1, -0.05) is 12.1 Å². The third kappa shape index (κ3) is 3.95. The molecule has 1 amide bonds. The Morgan fingerprint density at radius 2 is 2.00 bits per heavy atom. The van der Waals surface area contributed by atoms with Gasteiger partial charge in [0.05, 0.1) is 17.8 Å². The van der Waals surface area contributed by atoms with Gasteiger partial charge in [0.2, 0.25) is 0 Å². The molecule has 0 fully saturated rings. The molecule has 0 radical (unpaired) electrons. The number of thiazole rings is 1. The number of carbonyl (C=O) groups excluding carboxylic acids is 1. The standard InChI is InChI=1S/C13H12F3N3O2S/c14-13(15,16)8-3-1-7(2-4-8)10(20)11(21)18-5-9-6-22-12(17)19-9/h1-4,6,10,20H,5H2,(H2,17,19)(H,18,21). The summed E-state index contributed by atoms with van der Waals surface area (Å²) in [7, 11) is 0. The number of nitrogen functional groups attached to an aromatic ring is 1. The van der Waals surface area contributed by atoms with E-state index in [0.717, 1.165) is 24.3 Å². The van der Waals surface area contributed by atoms with Crippen LogP contribution >= 0.6 is 11.3 Å². The molecule has 4 N–H and O–H groups in total.